The van der Waals surface area contributed by atoms with Crippen LogP contribution in [0.1, 0.15) is 33.9 Å². The minimum absolute atomic E-state index is 0.123. The summed E-state index contributed by atoms with van der Waals surface area (Å²) in [5.41, 5.74) is 3.59. The summed E-state index contributed by atoms with van der Waals surface area (Å²) >= 11 is 1.40. The number of carbonyl (C=O) groups is 1. The summed E-state index contributed by atoms with van der Waals surface area (Å²) in [7, 11) is -3.70. The highest BCUT2D eigenvalue weighted by atomic mass is 32.2. The zero-order valence-corrected chi connectivity index (χ0v) is 16.7. The summed E-state index contributed by atoms with van der Waals surface area (Å²) in [5.74, 6) is -0.281. The number of sulfone groups is 1. The van der Waals surface area contributed by atoms with Crippen LogP contribution < -0.4 is 5.32 Å². The molecule has 2 aromatic carbocycles. The Morgan fingerprint density at radius 3 is 2.44 bits per heavy atom. The van der Waals surface area contributed by atoms with Crippen molar-refractivity contribution in [1.82, 2.24) is 0 Å². The van der Waals surface area contributed by atoms with Crippen molar-refractivity contribution in [2.24, 2.45) is 0 Å². The normalized spacial score (nSPS) is 16.7. The first-order chi connectivity index (χ1) is 12.9. The lowest BCUT2D eigenvalue weighted by molar-refractivity contribution is -0.116. The van der Waals surface area contributed by atoms with Crippen LogP contribution in [0, 0.1) is 13.8 Å². The van der Waals surface area contributed by atoms with Crippen LogP contribution in [0.25, 0.3) is 0 Å². The Balaban J connectivity index is 1.85. The van der Waals surface area contributed by atoms with Crippen molar-refractivity contribution in [2.75, 3.05) is 5.32 Å². The Labute approximate surface area is 162 Å². The van der Waals surface area contributed by atoms with Crippen LogP contribution >= 0.6 is 11.3 Å². The van der Waals surface area contributed by atoms with E-state index in [-0.39, 0.29) is 21.6 Å². The number of rotatable bonds is 3. The van der Waals surface area contributed by atoms with Crippen molar-refractivity contribution in [3.05, 3.63) is 75.5 Å². The fourth-order valence-corrected chi connectivity index (χ4v) is 6.37. The first kappa shape index (κ1) is 17.9. The molecule has 1 N–H and O–H groups in total. The van der Waals surface area contributed by atoms with Gasteiger partial charge in [-0.25, -0.2) is 8.42 Å². The Bertz CT molecular complexity index is 1130. The lowest BCUT2D eigenvalue weighted by atomic mass is 9.88. The minimum Gasteiger partial charge on any atom is -0.324 e. The molecule has 1 amide bonds. The van der Waals surface area contributed by atoms with Gasteiger partial charge in [-0.1, -0.05) is 42.0 Å². The largest absolute Gasteiger partial charge is 0.324 e. The predicted octanol–water partition coefficient (Wildman–Crippen LogP) is 4.67. The zero-order chi connectivity index (χ0) is 19.2. The number of aryl methyl sites for hydroxylation is 2. The molecule has 0 spiro atoms. The standard InChI is InChI=1S/C21H19NO3S2/c1-13-7-9-15(10-8-13)27(24,25)18-12-26-21-17(11-19(23)22-20(18)21)16-6-4-3-5-14(16)2/h3-10,12,17H,11H2,1-2H3,(H,22,23). The fourth-order valence-electron chi connectivity index (χ4n) is 3.48. The number of benzene rings is 2. The van der Waals surface area contributed by atoms with E-state index in [4.69, 9.17) is 0 Å². The third-order valence-corrected chi connectivity index (χ3v) is 7.98. The fraction of sp³-hybridized carbons (Fsp3) is 0.190. The third kappa shape index (κ3) is 3.09. The van der Waals surface area contributed by atoms with E-state index in [1.165, 1.54) is 11.3 Å². The molecule has 1 aliphatic rings. The van der Waals surface area contributed by atoms with Gasteiger partial charge in [0.1, 0.15) is 4.90 Å². The molecule has 0 aliphatic carbocycles. The average Bonchev–Trinajstić information content (AvgIpc) is 3.06. The highest BCUT2D eigenvalue weighted by molar-refractivity contribution is 7.91. The summed E-state index contributed by atoms with van der Waals surface area (Å²) in [5, 5.41) is 4.46. The number of fused-ring (bicyclic) bond motifs is 1. The van der Waals surface area contributed by atoms with Gasteiger partial charge in [0.25, 0.3) is 0 Å². The van der Waals surface area contributed by atoms with Gasteiger partial charge < -0.3 is 5.32 Å². The van der Waals surface area contributed by atoms with Crippen molar-refractivity contribution >= 4 is 32.8 Å². The van der Waals surface area contributed by atoms with E-state index in [0.717, 1.165) is 21.6 Å². The van der Waals surface area contributed by atoms with E-state index in [1.54, 1.807) is 29.6 Å². The summed E-state index contributed by atoms with van der Waals surface area (Å²) in [6, 6.07) is 14.7. The number of carbonyl (C=O) groups excluding carboxylic acids is 1. The lowest BCUT2D eigenvalue weighted by Gasteiger charge is -2.25. The second-order valence-electron chi connectivity index (χ2n) is 6.82. The van der Waals surface area contributed by atoms with Crippen molar-refractivity contribution in [3.8, 4) is 0 Å². The molecule has 0 bridgehead atoms. The summed E-state index contributed by atoms with van der Waals surface area (Å²) in [4.78, 5) is 13.7. The molecule has 0 radical (unpaired) electrons. The maximum atomic E-state index is 13.2. The van der Waals surface area contributed by atoms with E-state index in [9.17, 15) is 13.2 Å². The quantitative estimate of drug-likeness (QED) is 0.698. The van der Waals surface area contributed by atoms with Crippen LogP contribution in [0.4, 0.5) is 5.69 Å². The third-order valence-electron chi connectivity index (χ3n) is 4.94. The molecule has 2 heterocycles. The predicted molar refractivity (Wildman–Crippen MR) is 107 cm³/mol. The highest BCUT2D eigenvalue weighted by Crippen LogP contribution is 2.46. The highest BCUT2D eigenvalue weighted by Gasteiger charge is 2.34. The molecule has 27 heavy (non-hydrogen) atoms. The summed E-state index contributed by atoms with van der Waals surface area (Å²) < 4.78 is 26.3. The first-order valence-electron chi connectivity index (χ1n) is 8.66. The molecule has 6 heteroatoms. The van der Waals surface area contributed by atoms with Gasteiger partial charge in [0, 0.05) is 22.6 Å². The first-order valence-corrected chi connectivity index (χ1v) is 11.0. The molecule has 0 saturated heterocycles. The molecule has 0 fully saturated rings. The van der Waals surface area contributed by atoms with Gasteiger partial charge in [-0.05, 0) is 37.1 Å². The Kier molecular flexibility index (Phi) is 4.40. The molecule has 1 aliphatic heterocycles. The van der Waals surface area contributed by atoms with Gasteiger partial charge in [0.15, 0.2) is 0 Å². The number of anilines is 1. The number of thiophene rings is 1. The van der Waals surface area contributed by atoms with Crippen LogP contribution in [0.3, 0.4) is 0 Å². The van der Waals surface area contributed by atoms with Crippen LogP contribution in [-0.2, 0) is 14.6 Å². The number of hydrogen-bond acceptors (Lipinski definition) is 4. The second kappa shape index (κ2) is 6.62. The van der Waals surface area contributed by atoms with Gasteiger partial charge in [0.2, 0.25) is 15.7 Å². The molecule has 0 saturated carbocycles. The monoisotopic (exact) mass is 397 g/mol. The topological polar surface area (TPSA) is 63.2 Å². The maximum absolute atomic E-state index is 13.2. The van der Waals surface area contributed by atoms with Crippen LogP contribution in [0.2, 0.25) is 0 Å². The van der Waals surface area contributed by atoms with Gasteiger partial charge >= 0.3 is 0 Å². The van der Waals surface area contributed by atoms with Crippen molar-refractivity contribution in [1.29, 1.82) is 0 Å². The van der Waals surface area contributed by atoms with Crippen molar-refractivity contribution < 1.29 is 13.2 Å². The maximum Gasteiger partial charge on any atom is 0.225 e. The molecule has 4 rings (SSSR count). The van der Waals surface area contributed by atoms with Crippen LogP contribution in [-0.4, -0.2) is 14.3 Å². The van der Waals surface area contributed by atoms with E-state index < -0.39 is 9.84 Å². The Morgan fingerprint density at radius 1 is 1.04 bits per heavy atom. The van der Waals surface area contributed by atoms with Gasteiger partial charge in [-0.2, -0.15) is 0 Å². The number of nitrogens with one attached hydrogen (secondary N) is 1. The van der Waals surface area contributed by atoms with Crippen molar-refractivity contribution in [3.63, 3.8) is 0 Å². The lowest BCUT2D eigenvalue weighted by Crippen LogP contribution is -2.23. The van der Waals surface area contributed by atoms with Crippen molar-refractivity contribution in [2.45, 2.75) is 36.0 Å². The number of amides is 1. The average molecular weight is 398 g/mol. The van der Waals surface area contributed by atoms with Gasteiger partial charge in [-0.15, -0.1) is 11.3 Å². The Morgan fingerprint density at radius 2 is 1.74 bits per heavy atom. The molecule has 1 aromatic heterocycles. The van der Waals surface area contributed by atoms with Crippen LogP contribution in [0.15, 0.2) is 63.7 Å². The molecule has 1 unspecified atom stereocenters. The molecule has 4 nitrogen and oxygen atoms in total. The molecule has 1 atom stereocenters. The SMILES string of the molecule is Cc1ccc(S(=O)(=O)c2csc3c2NC(=O)CC3c2ccccc2C)cc1. The van der Waals surface area contributed by atoms with E-state index in [0.29, 0.717) is 12.1 Å². The minimum atomic E-state index is -3.70. The molecule has 138 valence electrons. The molecular formula is C21H19NO3S2. The summed E-state index contributed by atoms with van der Waals surface area (Å²) in [6.45, 7) is 3.93. The van der Waals surface area contributed by atoms with Gasteiger partial charge in [0.05, 0.1) is 10.6 Å². The van der Waals surface area contributed by atoms with Crippen LogP contribution in [0.5, 0.6) is 0 Å². The van der Waals surface area contributed by atoms with E-state index in [2.05, 4.69) is 5.32 Å². The molecular weight excluding hydrogens is 378 g/mol. The smallest absolute Gasteiger partial charge is 0.225 e. The number of hydrogen-bond donors (Lipinski definition) is 1. The second-order valence-corrected chi connectivity index (χ2v) is 9.65. The summed E-state index contributed by atoms with van der Waals surface area (Å²) in [6.07, 6.45) is 0.322. The molecule has 3 aromatic rings. The van der Waals surface area contributed by atoms with Gasteiger partial charge in [-0.3, -0.25) is 4.79 Å². The van der Waals surface area contributed by atoms with E-state index >= 15 is 0 Å². The Hall–Kier alpha value is -2.44. The van der Waals surface area contributed by atoms with E-state index in [1.807, 2.05) is 38.1 Å². The zero-order valence-electron chi connectivity index (χ0n) is 15.0.